The third kappa shape index (κ3) is 3.83. The highest BCUT2D eigenvalue weighted by atomic mass is 32.2. The van der Waals surface area contributed by atoms with Crippen LogP contribution in [0.2, 0.25) is 0 Å². The summed E-state index contributed by atoms with van der Waals surface area (Å²) in [5.74, 6) is -1.49. The number of rotatable bonds is 6. The largest absolute Gasteiger partial charge is 0.480 e. The molecule has 3 N–H and O–H groups in total. The Balaban J connectivity index is 4.78. The van der Waals surface area contributed by atoms with Gasteiger partial charge in [0, 0.05) is 0 Å². The minimum Gasteiger partial charge on any atom is -0.480 e. The van der Waals surface area contributed by atoms with Crippen molar-refractivity contribution in [3.8, 4) is 6.07 Å². The van der Waals surface area contributed by atoms with Crippen molar-refractivity contribution in [1.29, 1.82) is 5.26 Å². The van der Waals surface area contributed by atoms with Crippen LogP contribution in [0.5, 0.6) is 0 Å². The zero-order chi connectivity index (χ0) is 12.1. The standard InChI is InChI=1S/C7H12N2O5S/c1-2-5(3-8)15(13,14)9-6(4-10)7(11)12/h5-6,9-10H,2,4H2,1H3,(H,11,12). The average molecular weight is 236 g/mol. The Morgan fingerprint density at radius 3 is 2.40 bits per heavy atom. The minimum atomic E-state index is -4.03. The number of aliphatic hydroxyl groups excluding tert-OH is 1. The van der Waals surface area contributed by atoms with Gasteiger partial charge in [0.15, 0.2) is 5.25 Å². The second-order valence-corrected chi connectivity index (χ2v) is 4.66. The molecule has 0 aromatic carbocycles. The molecule has 0 spiro atoms. The van der Waals surface area contributed by atoms with Crippen molar-refractivity contribution in [2.24, 2.45) is 0 Å². The molecule has 2 atom stereocenters. The number of carbonyl (C=O) groups is 1. The van der Waals surface area contributed by atoms with Crippen molar-refractivity contribution < 1.29 is 23.4 Å². The number of aliphatic carboxylic acids is 1. The molecule has 0 rings (SSSR count). The lowest BCUT2D eigenvalue weighted by atomic mass is 10.3. The van der Waals surface area contributed by atoms with E-state index in [4.69, 9.17) is 15.5 Å². The van der Waals surface area contributed by atoms with Gasteiger partial charge in [0.25, 0.3) is 0 Å². The van der Waals surface area contributed by atoms with Gasteiger partial charge in [-0.3, -0.25) is 4.79 Å². The lowest BCUT2D eigenvalue weighted by molar-refractivity contribution is -0.139. The number of hydrogen-bond acceptors (Lipinski definition) is 5. The van der Waals surface area contributed by atoms with Crippen molar-refractivity contribution in [1.82, 2.24) is 4.72 Å². The summed E-state index contributed by atoms with van der Waals surface area (Å²) in [4.78, 5) is 10.4. The van der Waals surface area contributed by atoms with Crippen molar-refractivity contribution in [2.45, 2.75) is 24.6 Å². The third-order valence-corrected chi connectivity index (χ3v) is 3.48. The summed E-state index contributed by atoms with van der Waals surface area (Å²) < 4.78 is 24.5. The van der Waals surface area contributed by atoms with E-state index in [2.05, 4.69) is 0 Å². The molecule has 0 aromatic rings. The predicted octanol–water partition coefficient (Wildman–Crippen LogP) is -1.35. The maximum Gasteiger partial charge on any atom is 0.324 e. The SMILES string of the molecule is CCC(C#N)S(=O)(=O)NC(CO)C(=O)O. The summed E-state index contributed by atoms with van der Waals surface area (Å²) in [5, 5.41) is 24.3. The van der Waals surface area contributed by atoms with E-state index in [0.717, 1.165) is 0 Å². The molecule has 7 nitrogen and oxygen atoms in total. The summed E-state index contributed by atoms with van der Waals surface area (Å²) in [6.45, 7) is 0.623. The van der Waals surface area contributed by atoms with Crippen molar-refractivity contribution >= 4 is 16.0 Å². The normalized spacial score (nSPS) is 15.3. The van der Waals surface area contributed by atoms with Gasteiger partial charge < -0.3 is 10.2 Å². The van der Waals surface area contributed by atoms with E-state index < -0.39 is 33.9 Å². The highest BCUT2D eigenvalue weighted by Gasteiger charge is 2.29. The number of nitrogens with one attached hydrogen (secondary N) is 1. The first-order valence-electron chi connectivity index (χ1n) is 4.13. The third-order valence-electron chi connectivity index (χ3n) is 1.68. The average Bonchev–Trinajstić information content (AvgIpc) is 2.15. The van der Waals surface area contributed by atoms with E-state index in [1.54, 1.807) is 4.72 Å². The molecular weight excluding hydrogens is 224 g/mol. The van der Waals surface area contributed by atoms with E-state index in [1.165, 1.54) is 13.0 Å². The van der Waals surface area contributed by atoms with Gasteiger partial charge in [-0.2, -0.15) is 9.98 Å². The molecule has 0 saturated carbocycles. The number of carboxylic acid groups (broad SMARTS) is 1. The van der Waals surface area contributed by atoms with Crippen LogP contribution in [0.4, 0.5) is 0 Å². The zero-order valence-corrected chi connectivity index (χ0v) is 8.86. The number of hydrogen-bond donors (Lipinski definition) is 3. The first kappa shape index (κ1) is 13.8. The molecule has 0 aliphatic carbocycles. The highest BCUT2D eigenvalue weighted by molar-refractivity contribution is 7.90. The second-order valence-electron chi connectivity index (χ2n) is 2.76. The summed E-state index contributed by atoms with van der Waals surface area (Å²) in [6.07, 6.45) is 0.0452. The Morgan fingerprint density at radius 2 is 2.13 bits per heavy atom. The molecular formula is C7H12N2O5S. The van der Waals surface area contributed by atoms with E-state index >= 15 is 0 Å². The van der Waals surface area contributed by atoms with Gasteiger partial charge >= 0.3 is 5.97 Å². The monoisotopic (exact) mass is 236 g/mol. The lowest BCUT2D eigenvalue weighted by Gasteiger charge is -2.14. The van der Waals surface area contributed by atoms with Crippen LogP contribution in [0.25, 0.3) is 0 Å². The molecule has 0 saturated heterocycles. The topological polar surface area (TPSA) is 127 Å². The zero-order valence-electron chi connectivity index (χ0n) is 8.04. The van der Waals surface area contributed by atoms with Gasteiger partial charge in [0.1, 0.15) is 6.04 Å². The molecule has 0 heterocycles. The van der Waals surface area contributed by atoms with Gasteiger partial charge in [-0.25, -0.2) is 8.42 Å². The van der Waals surface area contributed by atoms with E-state index in [9.17, 15) is 13.2 Å². The second kappa shape index (κ2) is 5.65. The molecule has 8 heteroatoms. The first-order valence-corrected chi connectivity index (χ1v) is 5.68. The Bertz CT molecular complexity index is 358. The van der Waals surface area contributed by atoms with Crippen LogP contribution in [-0.2, 0) is 14.8 Å². The van der Waals surface area contributed by atoms with Crippen LogP contribution >= 0.6 is 0 Å². The lowest BCUT2D eigenvalue weighted by Crippen LogP contribution is -2.46. The molecule has 0 amide bonds. The van der Waals surface area contributed by atoms with E-state index in [0.29, 0.717) is 0 Å². The summed E-state index contributed by atoms with van der Waals surface area (Å²) in [5.41, 5.74) is 0. The fourth-order valence-corrected chi connectivity index (χ4v) is 2.14. The van der Waals surface area contributed by atoms with Gasteiger partial charge in [-0.1, -0.05) is 6.92 Å². The molecule has 86 valence electrons. The molecule has 2 unspecified atom stereocenters. The minimum absolute atomic E-state index is 0.0452. The Kier molecular flexibility index (Phi) is 5.21. The Hall–Kier alpha value is -1.17. The Morgan fingerprint density at radius 1 is 1.60 bits per heavy atom. The van der Waals surface area contributed by atoms with Crippen molar-refractivity contribution in [3.05, 3.63) is 0 Å². The van der Waals surface area contributed by atoms with Crippen LogP contribution in [-0.4, -0.2) is 42.5 Å². The summed E-state index contributed by atoms with van der Waals surface area (Å²) >= 11 is 0. The van der Waals surface area contributed by atoms with Crippen LogP contribution < -0.4 is 4.72 Å². The van der Waals surface area contributed by atoms with Gasteiger partial charge in [-0.15, -0.1) is 0 Å². The summed E-state index contributed by atoms with van der Waals surface area (Å²) in [7, 11) is -4.03. The number of carboxylic acids is 1. The van der Waals surface area contributed by atoms with Crippen molar-refractivity contribution in [2.75, 3.05) is 6.61 Å². The van der Waals surface area contributed by atoms with Gasteiger partial charge in [0.05, 0.1) is 12.7 Å². The quantitative estimate of drug-likeness (QED) is 0.523. The highest BCUT2D eigenvalue weighted by Crippen LogP contribution is 2.03. The van der Waals surface area contributed by atoms with Gasteiger partial charge in [-0.05, 0) is 6.42 Å². The van der Waals surface area contributed by atoms with Crippen LogP contribution in [0.1, 0.15) is 13.3 Å². The molecule has 0 aromatic heterocycles. The first-order chi connectivity index (χ1) is 6.88. The molecule has 0 fully saturated rings. The van der Waals surface area contributed by atoms with E-state index in [-0.39, 0.29) is 6.42 Å². The molecule has 0 aliphatic heterocycles. The summed E-state index contributed by atoms with van der Waals surface area (Å²) in [6, 6.07) is -0.0782. The van der Waals surface area contributed by atoms with Crippen molar-refractivity contribution in [3.63, 3.8) is 0 Å². The molecule has 15 heavy (non-hydrogen) atoms. The van der Waals surface area contributed by atoms with Gasteiger partial charge in [0.2, 0.25) is 10.0 Å². The van der Waals surface area contributed by atoms with Crippen LogP contribution in [0.15, 0.2) is 0 Å². The number of aliphatic hydroxyl groups is 1. The number of nitriles is 1. The molecule has 0 bridgehead atoms. The Labute approximate surface area is 87.4 Å². The maximum absolute atomic E-state index is 11.4. The number of sulfonamides is 1. The predicted molar refractivity (Wildman–Crippen MR) is 50.3 cm³/mol. The maximum atomic E-state index is 11.4. The number of nitrogens with zero attached hydrogens (tertiary/aromatic N) is 1. The van der Waals surface area contributed by atoms with Crippen LogP contribution in [0, 0.1) is 11.3 Å². The molecule has 0 radical (unpaired) electrons. The van der Waals surface area contributed by atoms with Crippen LogP contribution in [0.3, 0.4) is 0 Å². The smallest absolute Gasteiger partial charge is 0.324 e. The fraction of sp³-hybridized carbons (Fsp3) is 0.714. The molecule has 0 aliphatic rings. The fourth-order valence-electron chi connectivity index (χ4n) is 0.826. The van der Waals surface area contributed by atoms with E-state index in [1.807, 2.05) is 0 Å².